The average Bonchev–Trinajstić information content (AvgIpc) is 2.91. The number of hydrogen-bond donors (Lipinski definition) is 2. The van der Waals surface area contributed by atoms with Crippen molar-refractivity contribution in [2.75, 3.05) is 5.32 Å². The third-order valence-corrected chi connectivity index (χ3v) is 2.82. The molecule has 0 aliphatic rings. The van der Waals surface area contributed by atoms with Gasteiger partial charge in [0.2, 0.25) is 5.89 Å². The second-order valence-electron chi connectivity index (χ2n) is 4.42. The number of aliphatic hydroxyl groups is 1. The molecule has 0 saturated carbocycles. The van der Waals surface area contributed by atoms with Crippen molar-refractivity contribution < 1.29 is 9.63 Å². The molecule has 19 heavy (non-hydrogen) atoms. The van der Waals surface area contributed by atoms with E-state index < -0.39 is 0 Å². The van der Waals surface area contributed by atoms with Crippen LogP contribution < -0.4 is 5.32 Å². The number of benzene rings is 1. The molecule has 0 fully saturated rings. The van der Waals surface area contributed by atoms with Crippen molar-refractivity contribution in [1.29, 1.82) is 0 Å². The van der Waals surface area contributed by atoms with Crippen LogP contribution in [0.1, 0.15) is 37.0 Å². The third-order valence-electron chi connectivity index (χ3n) is 2.82. The fourth-order valence-electron chi connectivity index (χ4n) is 1.76. The van der Waals surface area contributed by atoms with Gasteiger partial charge in [-0.15, -0.1) is 0 Å². The molecule has 0 amide bonds. The molecular formula is C14H19N3O2. The number of nitrogens with zero attached hydrogens (tertiary/aromatic N) is 2. The number of aliphatic hydroxyl groups excluding tert-OH is 1. The zero-order chi connectivity index (χ0) is 13.5. The Labute approximate surface area is 112 Å². The summed E-state index contributed by atoms with van der Waals surface area (Å²) < 4.78 is 5.17. The van der Waals surface area contributed by atoms with Crippen LogP contribution in [0, 0.1) is 0 Å². The van der Waals surface area contributed by atoms with Crippen LogP contribution in [0.2, 0.25) is 0 Å². The van der Waals surface area contributed by atoms with Gasteiger partial charge in [0, 0.05) is 12.1 Å². The first-order valence-electron chi connectivity index (χ1n) is 6.57. The lowest BCUT2D eigenvalue weighted by atomic mass is 10.2. The van der Waals surface area contributed by atoms with Crippen molar-refractivity contribution in [1.82, 2.24) is 10.1 Å². The maximum Gasteiger partial charge on any atom is 0.245 e. The van der Waals surface area contributed by atoms with Gasteiger partial charge in [-0.05, 0) is 24.1 Å². The molecule has 0 spiro atoms. The Morgan fingerprint density at radius 1 is 1.37 bits per heavy atom. The molecular weight excluding hydrogens is 242 g/mol. The van der Waals surface area contributed by atoms with E-state index >= 15 is 0 Å². The summed E-state index contributed by atoms with van der Waals surface area (Å²) in [6.07, 6.45) is 3.06. The van der Waals surface area contributed by atoms with Gasteiger partial charge in [0.1, 0.15) is 0 Å². The Kier molecular flexibility index (Phi) is 4.92. The largest absolute Gasteiger partial charge is 0.392 e. The molecule has 1 aromatic heterocycles. The van der Waals surface area contributed by atoms with Gasteiger partial charge >= 0.3 is 0 Å². The predicted molar refractivity (Wildman–Crippen MR) is 72.6 cm³/mol. The van der Waals surface area contributed by atoms with E-state index in [0.717, 1.165) is 36.3 Å². The summed E-state index contributed by atoms with van der Waals surface area (Å²) in [5, 5.41) is 16.2. The van der Waals surface area contributed by atoms with E-state index in [0.29, 0.717) is 12.4 Å². The number of aromatic nitrogens is 2. The van der Waals surface area contributed by atoms with E-state index in [2.05, 4.69) is 22.4 Å². The molecule has 2 N–H and O–H groups in total. The van der Waals surface area contributed by atoms with Crippen LogP contribution in [0.3, 0.4) is 0 Å². The van der Waals surface area contributed by atoms with Crippen LogP contribution >= 0.6 is 0 Å². The molecule has 0 aliphatic heterocycles. The summed E-state index contributed by atoms with van der Waals surface area (Å²) in [4.78, 5) is 4.32. The predicted octanol–water partition coefficient (Wildman–Crippen LogP) is 2.52. The number of anilines is 1. The van der Waals surface area contributed by atoms with Crippen molar-refractivity contribution in [2.24, 2.45) is 0 Å². The Balaban J connectivity index is 1.89. The number of rotatable bonds is 7. The summed E-state index contributed by atoms with van der Waals surface area (Å²) in [6.45, 7) is 2.67. The summed E-state index contributed by atoms with van der Waals surface area (Å²) >= 11 is 0. The summed E-state index contributed by atoms with van der Waals surface area (Å²) in [6, 6.07) is 7.61. The topological polar surface area (TPSA) is 71.2 Å². The summed E-state index contributed by atoms with van der Waals surface area (Å²) in [5.74, 6) is 1.35. The number of aryl methyl sites for hydroxylation is 1. The van der Waals surface area contributed by atoms with E-state index in [9.17, 15) is 0 Å². The first kappa shape index (κ1) is 13.5. The fraction of sp³-hybridized carbons (Fsp3) is 0.429. The molecule has 5 nitrogen and oxygen atoms in total. The van der Waals surface area contributed by atoms with E-state index in [1.54, 1.807) is 0 Å². The highest BCUT2D eigenvalue weighted by Crippen LogP contribution is 2.12. The van der Waals surface area contributed by atoms with Gasteiger partial charge in [0.15, 0.2) is 5.82 Å². The number of hydrogen-bond acceptors (Lipinski definition) is 5. The van der Waals surface area contributed by atoms with Crippen molar-refractivity contribution in [3.63, 3.8) is 0 Å². The molecule has 2 rings (SSSR count). The van der Waals surface area contributed by atoms with E-state index in [-0.39, 0.29) is 6.61 Å². The van der Waals surface area contributed by atoms with E-state index in [1.165, 1.54) is 0 Å². The Morgan fingerprint density at radius 3 is 3.05 bits per heavy atom. The lowest BCUT2D eigenvalue weighted by molar-refractivity contribution is 0.282. The minimum atomic E-state index is 0.0389. The van der Waals surface area contributed by atoms with Crippen LogP contribution in [0.5, 0.6) is 0 Å². The zero-order valence-electron chi connectivity index (χ0n) is 11.1. The Bertz CT molecular complexity index is 511. The molecule has 0 aliphatic carbocycles. The van der Waals surface area contributed by atoms with Gasteiger partial charge in [-0.3, -0.25) is 0 Å². The SMILES string of the molecule is CCCCc1noc(CNc2cccc(CO)c2)n1. The van der Waals surface area contributed by atoms with E-state index in [4.69, 9.17) is 9.63 Å². The van der Waals surface area contributed by atoms with Gasteiger partial charge in [-0.25, -0.2) is 0 Å². The zero-order valence-corrected chi connectivity index (χ0v) is 11.1. The summed E-state index contributed by atoms with van der Waals surface area (Å²) in [7, 11) is 0. The summed E-state index contributed by atoms with van der Waals surface area (Å²) in [5.41, 5.74) is 1.80. The molecule has 2 aromatic rings. The van der Waals surface area contributed by atoms with Crippen molar-refractivity contribution in [2.45, 2.75) is 39.3 Å². The van der Waals surface area contributed by atoms with Gasteiger partial charge < -0.3 is 14.9 Å². The number of unbranched alkanes of at least 4 members (excludes halogenated alkanes) is 1. The number of nitrogens with one attached hydrogen (secondary N) is 1. The first-order chi connectivity index (χ1) is 9.31. The lowest BCUT2D eigenvalue weighted by Crippen LogP contribution is -2.00. The molecule has 0 radical (unpaired) electrons. The molecule has 1 heterocycles. The minimum Gasteiger partial charge on any atom is -0.392 e. The van der Waals surface area contributed by atoms with Crippen molar-refractivity contribution >= 4 is 5.69 Å². The molecule has 0 saturated heterocycles. The Morgan fingerprint density at radius 2 is 2.26 bits per heavy atom. The highest BCUT2D eigenvalue weighted by atomic mass is 16.5. The van der Waals surface area contributed by atoms with Crippen molar-refractivity contribution in [3.05, 3.63) is 41.5 Å². The quantitative estimate of drug-likeness (QED) is 0.801. The second kappa shape index (κ2) is 6.89. The Hall–Kier alpha value is -1.88. The lowest BCUT2D eigenvalue weighted by Gasteiger charge is -2.04. The van der Waals surface area contributed by atoms with Crippen LogP contribution in [0.15, 0.2) is 28.8 Å². The van der Waals surface area contributed by atoms with Gasteiger partial charge in [0.05, 0.1) is 13.2 Å². The molecule has 102 valence electrons. The highest BCUT2D eigenvalue weighted by Gasteiger charge is 2.05. The van der Waals surface area contributed by atoms with E-state index in [1.807, 2.05) is 24.3 Å². The highest BCUT2D eigenvalue weighted by molar-refractivity contribution is 5.45. The molecule has 5 heteroatoms. The van der Waals surface area contributed by atoms with Crippen LogP contribution in [0.25, 0.3) is 0 Å². The molecule has 0 atom stereocenters. The first-order valence-corrected chi connectivity index (χ1v) is 6.57. The monoisotopic (exact) mass is 261 g/mol. The van der Waals surface area contributed by atoms with Gasteiger partial charge in [-0.1, -0.05) is 30.6 Å². The van der Waals surface area contributed by atoms with Gasteiger partial charge in [-0.2, -0.15) is 4.98 Å². The molecule has 1 aromatic carbocycles. The average molecular weight is 261 g/mol. The molecule has 0 unspecified atom stereocenters. The fourth-order valence-corrected chi connectivity index (χ4v) is 1.76. The normalized spacial score (nSPS) is 10.6. The maximum atomic E-state index is 9.06. The second-order valence-corrected chi connectivity index (χ2v) is 4.42. The smallest absolute Gasteiger partial charge is 0.245 e. The third kappa shape index (κ3) is 4.06. The molecule has 0 bridgehead atoms. The maximum absolute atomic E-state index is 9.06. The minimum absolute atomic E-state index is 0.0389. The van der Waals surface area contributed by atoms with Crippen LogP contribution in [-0.4, -0.2) is 15.2 Å². The standard InChI is InChI=1S/C14H19N3O2/c1-2-3-7-13-16-14(19-17-13)9-15-12-6-4-5-11(8-12)10-18/h4-6,8,15,18H,2-3,7,9-10H2,1H3. The van der Waals surface area contributed by atoms with Gasteiger partial charge in [0.25, 0.3) is 0 Å². The van der Waals surface area contributed by atoms with Crippen LogP contribution in [-0.2, 0) is 19.6 Å². The van der Waals surface area contributed by atoms with Crippen LogP contribution in [0.4, 0.5) is 5.69 Å². The van der Waals surface area contributed by atoms with Crippen molar-refractivity contribution in [3.8, 4) is 0 Å².